The zero-order chi connectivity index (χ0) is 15.2. The van der Waals surface area contributed by atoms with E-state index in [1.165, 1.54) is 25.7 Å². The molecule has 0 aromatic carbocycles. The van der Waals surface area contributed by atoms with Crippen molar-refractivity contribution < 1.29 is 0 Å². The number of aryl methyl sites for hydroxylation is 1. The van der Waals surface area contributed by atoms with Gasteiger partial charge in [0.15, 0.2) is 0 Å². The molecular formula is C16H29N5. The smallest absolute Gasteiger partial charge is 0.134 e. The monoisotopic (exact) mass is 291 g/mol. The number of nitrogens with one attached hydrogen (secondary N) is 1. The van der Waals surface area contributed by atoms with Crippen LogP contribution in [0.2, 0.25) is 0 Å². The van der Waals surface area contributed by atoms with Gasteiger partial charge in [-0.1, -0.05) is 6.92 Å². The lowest BCUT2D eigenvalue weighted by Crippen LogP contribution is -2.39. The Bertz CT molecular complexity index is 446. The third kappa shape index (κ3) is 4.56. The Hall–Kier alpha value is -1.36. The first-order valence-corrected chi connectivity index (χ1v) is 8.11. The van der Waals surface area contributed by atoms with Gasteiger partial charge in [0.05, 0.1) is 0 Å². The van der Waals surface area contributed by atoms with Gasteiger partial charge < -0.3 is 15.1 Å². The van der Waals surface area contributed by atoms with Crippen LogP contribution in [0, 0.1) is 6.92 Å². The number of likely N-dealkylation sites (N-methyl/N-ethyl adjacent to an activating group) is 1. The van der Waals surface area contributed by atoms with Crippen LogP contribution in [-0.4, -0.2) is 54.6 Å². The van der Waals surface area contributed by atoms with Crippen molar-refractivity contribution in [2.24, 2.45) is 0 Å². The topological polar surface area (TPSA) is 44.3 Å². The minimum absolute atomic E-state index is 0.627. The molecule has 1 aliphatic heterocycles. The molecule has 0 saturated carbocycles. The molecule has 1 aromatic rings. The Morgan fingerprint density at radius 1 is 1.33 bits per heavy atom. The van der Waals surface area contributed by atoms with E-state index in [0.29, 0.717) is 6.04 Å². The van der Waals surface area contributed by atoms with Crippen molar-refractivity contribution in [2.75, 3.05) is 43.9 Å². The number of hydrogen-bond donors (Lipinski definition) is 1. The first-order chi connectivity index (χ1) is 10.1. The van der Waals surface area contributed by atoms with Crippen LogP contribution in [0.25, 0.3) is 0 Å². The van der Waals surface area contributed by atoms with Crippen LogP contribution in [0.4, 0.5) is 11.6 Å². The SMILES string of the molecule is CCC1CCCCN1c1cc(NCCN(C)C)nc(C)n1. The Balaban J connectivity index is 2.10. The number of hydrogen-bond acceptors (Lipinski definition) is 5. The maximum atomic E-state index is 4.66. The van der Waals surface area contributed by atoms with E-state index in [4.69, 9.17) is 0 Å². The summed E-state index contributed by atoms with van der Waals surface area (Å²) in [7, 11) is 4.16. The molecule has 1 aliphatic rings. The van der Waals surface area contributed by atoms with Crippen molar-refractivity contribution in [3.05, 3.63) is 11.9 Å². The molecule has 0 spiro atoms. The molecule has 5 heteroatoms. The molecule has 118 valence electrons. The predicted molar refractivity (Wildman–Crippen MR) is 89.1 cm³/mol. The molecule has 1 aromatic heterocycles. The normalized spacial score (nSPS) is 19.1. The second-order valence-corrected chi connectivity index (χ2v) is 6.14. The summed E-state index contributed by atoms with van der Waals surface area (Å²) in [5.74, 6) is 2.88. The molecule has 2 heterocycles. The van der Waals surface area contributed by atoms with Crippen LogP contribution in [-0.2, 0) is 0 Å². The van der Waals surface area contributed by atoms with Crippen molar-refractivity contribution in [3.63, 3.8) is 0 Å². The molecule has 21 heavy (non-hydrogen) atoms. The number of piperidine rings is 1. The van der Waals surface area contributed by atoms with Gasteiger partial charge in [0.2, 0.25) is 0 Å². The molecule has 1 fully saturated rings. The van der Waals surface area contributed by atoms with Crippen LogP contribution in [0.3, 0.4) is 0 Å². The number of nitrogens with zero attached hydrogens (tertiary/aromatic N) is 4. The van der Waals surface area contributed by atoms with Crippen LogP contribution in [0.5, 0.6) is 0 Å². The summed E-state index contributed by atoms with van der Waals surface area (Å²) in [4.78, 5) is 13.8. The highest BCUT2D eigenvalue weighted by Crippen LogP contribution is 2.26. The fraction of sp³-hybridized carbons (Fsp3) is 0.750. The third-order valence-corrected chi connectivity index (χ3v) is 4.08. The van der Waals surface area contributed by atoms with Crippen LogP contribution in [0.15, 0.2) is 6.07 Å². The van der Waals surface area contributed by atoms with Crippen LogP contribution < -0.4 is 10.2 Å². The van der Waals surface area contributed by atoms with Crippen molar-refractivity contribution >= 4 is 11.6 Å². The van der Waals surface area contributed by atoms with Gasteiger partial charge in [-0.25, -0.2) is 9.97 Å². The lowest BCUT2D eigenvalue weighted by Gasteiger charge is -2.36. The van der Waals surface area contributed by atoms with Gasteiger partial charge in [-0.15, -0.1) is 0 Å². The lowest BCUT2D eigenvalue weighted by molar-refractivity contribution is 0.425. The fourth-order valence-corrected chi connectivity index (χ4v) is 2.92. The average Bonchev–Trinajstić information content (AvgIpc) is 2.46. The summed E-state index contributed by atoms with van der Waals surface area (Å²) in [6, 6.07) is 2.74. The van der Waals surface area contributed by atoms with Gasteiger partial charge in [0.1, 0.15) is 17.5 Å². The van der Waals surface area contributed by atoms with Crippen molar-refractivity contribution in [3.8, 4) is 0 Å². The Labute approximate surface area is 128 Å². The average molecular weight is 291 g/mol. The van der Waals surface area contributed by atoms with Crippen LogP contribution in [0.1, 0.15) is 38.4 Å². The molecule has 1 N–H and O–H groups in total. The van der Waals surface area contributed by atoms with Crippen molar-refractivity contribution in [1.29, 1.82) is 0 Å². The standard InChI is InChI=1S/C16H29N5/c1-5-14-8-6-7-10-21(14)16-12-15(18-13(2)19-16)17-9-11-20(3)4/h12,14H,5-11H2,1-4H3,(H,17,18,19). The van der Waals surface area contributed by atoms with Crippen molar-refractivity contribution in [2.45, 2.75) is 45.6 Å². The number of aromatic nitrogens is 2. The van der Waals surface area contributed by atoms with E-state index in [2.05, 4.69) is 52.2 Å². The predicted octanol–water partition coefficient (Wildman–Crippen LogP) is 2.53. The summed E-state index contributed by atoms with van der Waals surface area (Å²) in [6.07, 6.45) is 5.07. The second kappa shape index (κ2) is 7.59. The fourth-order valence-electron chi connectivity index (χ4n) is 2.92. The van der Waals surface area contributed by atoms with E-state index in [1.807, 2.05) is 6.92 Å². The lowest BCUT2D eigenvalue weighted by atomic mass is 10.00. The van der Waals surface area contributed by atoms with Gasteiger partial charge in [0.25, 0.3) is 0 Å². The van der Waals surface area contributed by atoms with Gasteiger partial charge >= 0.3 is 0 Å². The molecule has 1 saturated heterocycles. The van der Waals surface area contributed by atoms with E-state index in [-0.39, 0.29) is 0 Å². The maximum Gasteiger partial charge on any atom is 0.134 e. The highest BCUT2D eigenvalue weighted by molar-refractivity contribution is 5.50. The second-order valence-electron chi connectivity index (χ2n) is 6.14. The van der Waals surface area contributed by atoms with E-state index in [0.717, 1.165) is 37.1 Å². The molecule has 0 amide bonds. The minimum Gasteiger partial charge on any atom is -0.369 e. The summed E-state index contributed by atoms with van der Waals surface area (Å²) in [5.41, 5.74) is 0. The first kappa shape index (κ1) is 16.0. The molecule has 0 aliphatic carbocycles. The Kier molecular flexibility index (Phi) is 5.79. The zero-order valence-electron chi connectivity index (χ0n) is 13.9. The van der Waals surface area contributed by atoms with E-state index in [1.54, 1.807) is 0 Å². The van der Waals surface area contributed by atoms with E-state index in [9.17, 15) is 0 Å². The molecule has 5 nitrogen and oxygen atoms in total. The minimum atomic E-state index is 0.627. The molecule has 1 atom stereocenters. The van der Waals surface area contributed by atoms with Gasteiger partial charge in [0, 0.05) is 31.7 Å². The summed E-state index contributed by atoms with van der Waals surface area (Å²) >= 11 is 0. The summed E-state index contributed by atoms with van der Waals surface area (Å²) in [5, 5.41) is 3.41. The highest BCUT2D eigenvalue weighted by Gasteiger charge is 2.22. The van der Waals surface area contributed by atoms with E-state index >= 15 is 0 Å². The van der Waals surface area contributed by atoms with Gasteiger partial charge in [-0.2, -0.15) is 0 Å². The molecule has 0 bridgehead atoms. The van der Waals surface area contributed by atoms with E-state index < -0.39 is 0 Å². The zero-order valence-corrected chi connectivity index (χ0v) is 13.9. The Morgan fingerprint density at radius 2 is 2.14 bits per heavy atom. The Morgan fingerprint density at radius 3 is 2.86 bits per heavy atom. The maximum absolute atomic E-state index is 4.66. The third-order valence-electron chi connectivity index (χ3n) is 4.08. The summed E-state index contributed by atoms with van der Waals surface area (Å²) in [6.45, 7) is 7.27. The van der Waals surface area contributed by atoms with Crippen molar-refractivity contribution in [1.82, 2.24) is 14.9 Å². The largest absolute Gasteiger partial charge is 0.369 e. The first-order valence-electron chi connectivity index (χ1n) is 8.11. The van der Waals surface area contributed by atoms with Gasteiger partial charge in [-0.3, -0.25) is 0 Å². The molecule has 2 rings (SSSR count). The quantitative estimate of drug-likeness (QED) is 0.872. The molecular weight excluding hydrogens is 262 g/mol. The number of anilines is 2. The highest BCUT2D eigenvalue weighted by atomic mass is 15.2. The van der Waals surface area contributed by atoms with Crippen LogP contribution >= 0.6 is 0 Å². The number of rotatable bonds is 6. The molecule has 0 radical (unpaired) electrons. The molecule has 1 unspecified atom stereocenters. The van der Waals surface area contributed by atoms with Gasteiger partial charge in [-0.05, 0) is 46.7 Å². The summed E-state index contributed by atoms with van der Waals surface area (Å²) < 4.78 is 0.